The van der Waals surface area contributed by atoms with Gasteiger partial charge in [-0.2, -0.15) is 0 Å². The largest absolute Gasteiger partial charge is 0.333 e. The molecule has 1 N–H and O–H groups in total. The summed E-state index contributed by atoms with van der Waals surface area (Å²) in [5.41, 5.74) is 4.61. The van der Waals surface area contributed by atoms with Crippen LogP contribution in [0, 0.1) is 24.0 Å². The molecule has 1 heterocycles. The van der Waals surface area contributed by atoms with E-state index < -0.39 is 4.92 Å². The number of non-ortho nitro benzene ring substituents is 1. The Labute approximate surface area is 142 Å². The van der Waals surface area contributed by atoms with E-state index >= 15 is 0 Å². The molecule has 1 aromatic heterocycles. The van der Waals surface area contributed by atoms with Crippen LogP contribution in [-0.2, 0) is 0 Å². The maximum atomic E-state index is 12.2. The summed E-state index contributed by atoms with van der Waals surface area (Å²) >= 11 is 1.32. The fourth-order valence-corrected chi connectivity index (χ4v) is 3.08. The molecular weight excluding hydrogens is 326 g/mol. The molecule has 0 bridgehead atoms. The molecule has 122 valence electrons. The maximum Gasteiger partial charge on any atom is 0.269 e. The summed E-state index contributed by atoms with van der Waals surface area (Å²) in [5, 5.41) is 11.3. The fraction of sp³-hybridized carbons (Fsp3) is 0.176. The lowest BCUT2D eigenvalue weighted by Gasteiger charge is -1.99. The first-order valence-corrected chi connectivity index (χ1v) is 8.30. The molecule has 24 heavy (non-hydrogen) atoms. The lowest BCUT2D eigenvalue weighted by atomic mass is 10.1. The molecule has 0 aliphatic carbocycles. The number of Topliss-reactive ketones (excluding diaryl/α,β-unsaturated/α-hetero) is 1. The summed E-state index contributed by atoms with van der Waals surface area (Å²) in [6, 6.07) is 9.69. The van der Waals surface area contributed by atoms with E-state index in [9.17, 15) is 14.9 Å². The number of rotatable bonds is 5. The molecule has 0 fully saturated rings. The average Bonchev–Trinajstić information content (AvgIpc) is 2.94. The van der Waals surface area contributed by atoms with Crippen LogP contribution in [0.15, 0.2) is 41.6 Å². The van der Waals surface area contributed by atoms with Gasteiger partial charge in [0.1, 0.15) is 0 Å². The smallest absolute Gasteiger partial charge is 0.269 e. The molecule has 0 saturated heterocycles. The summed E-state index contributed by atoms with van der Waals surface area (Å²) in [6.45, 7) is 4.08. The second-order valence-electron chi connectivity index (χ2n) is 5.51. The highest BCUT2D eigenvalue weighted by atomic mass is 32.2. The number of aryl methyl sites for hydroxylation is 2. The average molecular weight is 341 g/mol. The minimum atomic E-state index is -0.485. The number of fused-ring (bicyclic) bond motifs is 1. The number of nitro groups is 1. The van der Waals surface area contributed by atoms with Crippen molar-refractivity contribution in [1.29, 1.82) is 0 Å². The second kappa shape index (κ2) is 6.45. The van der Waals surface area contributed by atoms with E-state index in [1.54, 1.807) is 0 Å². The first-order valence-electron chi connectivity index (χ1n) is 7.31. The van der Waals surface area contributed by atoms with Crippen molar-refractivity contribution < 1.29 is 9.72 Å². The Kier molecular flexibility index (Phi) is 4.35. The molecule has 0 spiro atoms. The van der Waals surface area contributed by atoms with E-state index in [1.165, 1.54) is 47.2 Å². The first-order chi connectivity index (χ1) is 11.4. The molecule has 0 radical (unpaired) electrons. The highest BCUT2D eigenvalue weighted by molar-refractivity contribution is 7.99. The van der Waals surface area contributed by atoms with Crippen molar-refractivity contribution in [3.05, 3.63) is 63.2 Å². The van der Waals surface area contributed by atoms with Crippen molar-refractivity contribution in [3.8, 4) is 0 Å². The number of benzene rings is 2. The van der Waals surface area contributed by atoms with Gasteiger partial charge >= 0.3 is 0 Å². The molecule has 3 aromatic rings. The molecule has 6 nitrogen and oxygen atoms in total. The quantitative estimate of drug-likeness (QED) is 0.327. The van der Waals surface area contributed by atoms with E-state index in [0.29, 0.717) is 10.7 Å². The Hall–Kier alpha value is -2.67. The number of ketones is 1. The highest BCUT2D eigenvalue weighted by Gasteiger charge is 2.12. The zero-order chi connectivity index (χ0) is 17.3. The molecule has 7 heteroatoms. The van der Waals surface area contributed by atoms with Gasteiger partial charge < -0.3 is 4.98 Å². The van der Waals surface area contributed by atoms with Crippen molar-refractivity contribution in [1.82, 2.24) is 9.97 Å². The van der Waals surface area contributed by atoms with E-state index in [1.807, 2.05) is 26.0 Å². The van der Waals surface area contributed by atoms with Gasteiger partial charge in [0, 0.05) is 17.7 Å². The molecule has 0 amide bonds. The van der Waals surface area contributed by atoms with Gasteiger partial charge in [0.15, 0.2) is 10.9 Å². The van der Waals surface area contributed by atoms with Crippen LogP contribution in [0.4, 0.5) is 5.69 Å². The zero-order valence-electron chi connectivity index (χ0n) is 13.2. The van der Waals surface area contributed by atoms with Crippen LogP contribution in [-0.4, -0.2) is 26.4 Å². The third kappa shape index (κ3) is 3.30. The summed E-state index contributed by atoms with van der Waals surface area (Å²) in [4.78, 5) is 30.0. The summed E-state index contributed by atoms with van der Waals surface area (Å²) in [7, 11) is 0. The topological polar surface area (TPSA) is 88.9 Å². The predicted octanol–water partition coefficient (Wildman–Crippen LogP) is 4.06. The summed E-state index contributed by atoms with van der Waals surface area (Å²) in [5.74, 6) is 0.123. The van der Waals surface area contributed by atoms with Crippen LogP contribution in [0.2, 0.25) is 0 Å². The summed E-state index contributed by atoms with van der Waals surface area (Å²) in [6.07, 6.45) is 0. The SMILES string of the molecule is Cc1cc2nc(SCC(=O)c3ccc([N+](=O)[O-])cc3)[nH]c2cc1C. The minimum Gasteiger partial charge on any atom is -0.333 e. The van der Waals surface area contributed by atoms with E-state index in [-0.39, 0.29) is 17.2 Å². The van der Waals surface area contributed by atoms with Crippen LogP contribution in [0.5, 0.6) is 0 Å². The van der Waals surface area contributed by atoms with Crippen LogP contribution in [0.1, 0.15) is 21.5 Å². The van der Waals surface area contributed by atoms with Gasteiger partial charge in [-0.25, -0.2) is 4.98 Å². The summed E-state index contributed by atoms with van der Waals surface area (Å²) < 4.78 is 0. The molecule has 0 unspecified atom stereocenters. The van der Waals surface area contributed by atoms with E-state index in [2.05, 4.69) is 9.97 Å². The Morgan fingerprint density at radius 1 is 1.21 bits per heavy atom. The zero-order valence-corrected chi connectivity index (χ0v) is 14.0. The number of nitro benzene ring substituents is 1. The van der Waals surface area contributed by atoms with Gasteiger partial charge in [-0.3, -0.25) is 14.9 Å². The lowest BCUT2D eigenvalue weighted by molar-refractivity contribution is -0.384. The normalized spacial score (nSPS) is 10.9. The number of nitrogens with one attached hydrogen (secondary N) is 1. The highest BCUT2D eigenvalue weighted by Crippen LogP contribution is 2.23. The first kappa shape index (κ1) is 16.2. The van der Waals surface area contributed by atoms with Gasteiger partial charge in [-0.05, 0) is 49.2 Å². The third-order valence-corrected chi connectivity index (χ3v) is 4.69. The Balaban J connectivity index is 1.70. The molecule has 0 aliphatic rings. The van der Waals surface area contributed by atoms with Gasteiger partial charge in [-0.1, -0.05) is 11.8 Å². The number of nitrogens with zero attached hydrogens (tertiary/aromatic N) is 2. The van der Waals surface area contributed by atoms with E-state index in [0.717, 1.165) is 11.0 Å². The monoisotopic (exact) mass is 341 g/mol. The van der Waals surface area contributed by atoms with Crippen molar-refractivity contribution in [2.24, 2.45) is 0 Å². The van der Waals surface area contributed by atoms with Crippen LogP contribution in [0.3, 0.4) is 0 Å². The van der Waals surface area contributed by atoms with Gasteiger partial charge in [0.05, 0.1) is 21.7 Å². The molecule has 0 atom stereocenters. The number of aromatic nitrogens is 2. The molecular formula is C17H15N3O3S. The van der Waals surface area contributed by atoms with Crippen LogP contribution < -0.4 is 0 Å². The number of carbonyl (C=O) groups is 1. The standard InChI is InChI=1S/C17H15N3O3S/c1-10-7-14-15(8-11(10)2)19-17(18-14)24-9-16(21)12-3-5-13(6-4-12)20(22)23/h3-8H,9H2,1-2H3,(H,18,19). The van der Waals surface area contributed by atoms with Crippen LogP contribution >= 0.6 is 11.8 Å². The number of thioether (sulfide) groups is 1. The number of hydrogen-bond acceptors (Lipinski definition) is 5. The molecule has 0 aliphatic heterocycles. The predicted molar refractivity (Wildman–Crippen MR) is 93.7 cm³/mol. The van der Waals surface area contributed by atoms with Crippen molar-refractivity contribution in [3.63, 3.8) is 0 Å². The Morgan fingerprint density at radius 2 is 1.88 bits per heavy atom. The fourth-order valence-electron chi connectivity index (χ4n) is 2.30. The van der Waals surface area contributed by atoms with E-state index in [4.69, 9.17) is 0 Å². The second-order valence-corrected chi connectivity index (χ2v) is 6.48. The maximum absolute atomic E-state index is 12.2. The van der Waals surface area contributed by atoms with Crippen molar-refractivity contribution in [2.45, 2.75) is 19.0 Å². The van der Waals surface area contributed by atoms with Crippen LogP contribution in [0.25, 0.3) is 11.0 Å². The number of H-pyrrole nitrogens is 1. The third-order valence-electron chi connectivity index (χ3n) is 3.82. The molecule has 0 saturated carbocycles. The Morgan fingerprint density at radius 3 is 2.54 bits per heavy atom. The number of hydrogen-bond donors (Lipinski definition) is 1. The van der Waals surface area contributed by atoms with Gasteiger partial charge in [-0.15, -0.1) is 0 Å². The van der Waals surface area contributed by atoms with Crippen molar-refractivity contribution >= 4 is 34.3 Å². The minimum absolute atomic E-state index is 0.0257. The van der Waals surface area contributed by atoms with Crippen molar-refractivity contribution in [2.75, 3.05) is 5.75 Å². The van der Waals surface area contributed by atoms with Gasteiger partial charge in [0.2, 0.25) is 0 Å². The Bertz CT molecular complexity index is 893. The lowest BCUT2D eigenvalue weighted by Crippen LogP contribution is -2.02. The van der Waals surface area contributed by atoms with Gasteiger partial charge in [0.25, 0.3) is 5.69 Å². The number of carbonyl (C=O) groups excluding carboxylic acids is 1. The number of imidazole rings is 1. The molecule has 2 aromatic carbocycles. The molecule has 3 rings (SSSR count). The number of aromatic amines is 1.